The second-order valence-electron chi connectivity index (χ2n) is 4.87. The van der Waals surface area contributed by atoms with Crippen LogP contribution in [-0.2, 0) is 9.53 Å². The lowest BCUT2D eigenvalue weighted by Crippen LogP contribution is -2.23. The molecule has 0 bridgehead atoms. The first kappa shape index (κ1) is 13.6. The van der Waals surface area contributed by atoms with Crippen molar-refractivity contribution < 1.29 is 9.53 Å². The van der Waals surface area contributed by atoms with Gasteiger partial charge in [-0.2, -0.15) is 0 Å². The van der Waals surface area contributed by atoms with E-state index in [2.05, 4.69) is 30.3 Å². The highest BCUT2D eigenvalue weighted by Crippen LogP contribution is 2.26. The summed E-state index contributed by atoms with van der Waals surface area (Å²) in [5, 5.41) is 2.40. The number of benzene rings is 2. The maximum Gasteiger partial charge on any atom is 0.307 e. The first-order chi connectivity index (χ1) is 9.11. The fraction of sp³-hybridized carbons (Fsp3) is 0.312. The van der Waals surface area contributed by atoms with E-state index in [1.54, 1.807) is 0 Å². The van der Waals surface area contributed by atoms with Gasteiger partial charge in [-0.15, -0.1) is 0 Å². The smallest absolute Gasteiger partial charge is 0.307 e. The monoisotopic (exact) mass is 257 g/mol. The summed E-state index contributed by atoms with van der Waals surface area (Å²) in [5.41, 5.74) is 1.13. The van der Waals surface area contributed by atoms with E-state index in [0.717, 1.165) is 5.56 Å². The van der Waals surface area contributed by atoms with E-state index in [0.29, 0.717) is 6.42 Å². The molecule has 0 aliphatic rings. The largest absolute Gasteiger partial charge is 0.469 e. The standard InChI is InChI=1S/C16H19NO2/c1-17(2)15(11-16(18)19-3)14-9-8-12-6-4-5-7-13(12)10-14/h4-10,15H,11H2,1-3H3. The van der Waals surface area contributed by atoms with Crippen LogP contribution in [-0.4, -0.2) is 32.1 Å². The number of methoxy groups -OCH3 is 1. The van der Waals surface area contributed by atoms with Crippen molar-refractivity contribution in [1.82, 2.24) is 4.90 Å². The predicted octanol–water partition coefficient (Wildman–Crippen LogP) is 3.01. The molecule has 1 atom stereocenters. The number of esters is 1. The fourth-order valence-electron chi connectivity index (χ4n) is 2.25. The van der Waals surface area contributed by atoms with E-state index in [1.165, 1.54) is 17.9 Å². The van der Waals surface area contributed by atoms with Gasteiger partial charge in [0, 0.05) is 6.04 Å². The number of fused-ring (bicyclic) bond motifs is 1. The van der Waals surface area contributed by atoms with Gasteiger partial charge in [0.05, 0.1) is 13.5 Å². The Kier molecular flexibility index (Phi) is 4.17. The lowest BCUT2D eigenvalue weighted by Gasteiger charge is -2.24. The summed E-state index contributed by atoms with van der Waals surface area (Å²) >= 11 is 0. The molecule has 2 rings (SSSR count). The zero-order valence-electron chi connectivity index (χ0n) is 11.6. The van der Waals surface area contributed by atoms with Crippen LogP contribution in [0.4, 0.5) is 0 Å². The van der Waals surface area contributed by atoms with Gasteiger partial charge in [0.15, 0.2) is 0 Å². The van der Waals surface area contributed by atoms with Crippen molar-refractivity contribution in [2.24, 2.45) is 0 Å². The number of ether oxygens (including phenoxy) is 1. The zero-order valence-corrected chi connectivity index (χ0v) is 11.6. The van der Waals surface area contributed by atoms with Gasteiger partial charge in [-0.05, 0) is 36.5 Å². The maximum atomic E-state index is 11.5. The molecule has 0 N–H and O–H groups in total. The molecule has 0 aromatic heterocycles. The summed E-state index contributed by atoms with van der Waals surface area (Å²) in [6.07, 6.45) is 0.363. The third-order valence-corrected chi connectivity index (χ3v) is 3.37. The molecule has 1 unspecified atom stereocenters. The van der Waals surface area contributed by atoms with Crippen LogP contribution in [0.1, 0.15) is 18.0 Å². The molecule has 0 saturated heterocycles. The van der Waals surface area contributed by atoms with Gasteiger partial charge in [-0.1, -0.05) is 36.4 Å². The molecule has 0 spiro atoms. The van der Waals surface area contributed by atoms with Gasteiger partial charge in [0.2, 0.25) is 0 Å². The second-order valence-corrected chi connectivity index (χ2v) is 4.87. The van der Waals surface area contributed by atoms with Crippen molar-refractivity contribution in [3.8, 4) is 0 Å². The minimum absolute atomic E-state index is 0.0389. The average molecular weight is 257 g/mol. The Bertz CT molecular complexity index is 578. The third kappa shape index (κ3) is 3.12. The van der Waals surface area contributed by atoms with Crippen LogP contribution < -0.4 is 0 Å². The molecule has 0 saturated carbocycles. The topological polar surface area (TPSA) is 29.5 Å². The lowest BCUT2D eigenvalue weighted by molar-refractivity contribution is -0.141. The van der Waals surface area contributed by atoms with Crippen molar-refractivity contribution in [2.75, 3.05) is 21.2 Å². The van der Waals surface area contributed by atoms with Crippen LogP contribution in [0.3, 0.4) is 0 Å². The van der Waals surface area contributed by atoms with Gasteiger partial charge < -0.3 is 9.64 Å². The molecule has 3 nitrogen and oxygen atoms in total. The van der Waals surface area contributed by atoms with Crippen molar-refractivity contribution in [3.05, 3.63) is 48.0 Å². The van der Waals surface area contributed by atoms with Gasteiger partial charge in [0.1, 0.15) is 0 Å². The molecule has 2 aromatic carbocycles. The first-order valence-corrected chi connectivity index (χ1v) is 6.33. The van der Waals surface area contributed by atoms with Crippen LogP contribution in [0.25, 0.3) is 10.8 Å². The van der Waals surface area contributed by atoms with Crippen molar-refractivity contribution in [3.63, 3.8) is 0 Å². The van der Waals surface area contributed by atoms with Gasteiger partial charge in [0.25, 0.3) is 0 Å². The van der Waals surface area contributed by atoms with Gasteiger partial charge in [-0.25, -0.2) is 0 Å². The van der Waals surface area contributed by atoms with Gasteiger partial charge in [-0.3, -0.25) is 4.79 Å². The Morgan fingerprint density at radius 2 is 1.84 bits per heavy atom. The summed E-state index contributed by atoms with van der Waals surface area (Å²) in [5.74, 6) is -0.188. The van der Waals surface area contributed by atoms with Gasteiger partial charge >= 0.3 is 5.97 Å². The van der Waals surface area contributed by atoms with E-state index < -0.39 is 0 Å². The van der Waals surface area contributed by atoms with Crippen LogP contribution in [0, 0.1) is 0 Å². The second kappa shape index (κ2) is 5.85. The van der Waals surface area contributed by atoms with Crippen LogP contribution in [0.2, 0.25) is 0 Å². The molecule has 2 aromatic rings. The molecule has 0 amide bonds. The summed E-state index contributed by atoms with van der Waals surface area (Å²) in [6, 6.07) is 14.6. The minimum atomic E-state index is -0.188. The average Bonchev–Trinajstić information content (AvgIpc) is 2.43. The molecule has 0 radical (unpaired) electrons. The summed E-state index contributed by atoms with van der Waals surface area (Å²) in [4.78, 5) is 13.6. The molecule has 0 heterocycles. The Morgan fingerprint density at radius 1 is 1.16 bits per heavy atom. The zero-order chi connectivity index (χ0) is 13.8. The van der Waals surface area contributed by atoms with E-state index in [1.807, 2.05) is 31.1 Å². The van der Waals surface area contributed by atoms with Crippen molar-refractivity contribution >= 4 is 16.7 Å². The Labute approximate surface area is 113 Å². The number of carbonyl (C=O) groups is 1. The molecule has 3 heteroatoms. The van der Waals surface area contributed by atoms with Crippen LogP contribution >= 0.6 is 0 Å². The maximum absolute atomic E-state index is 11.5. The lowest BCUT2D eigenvalue weighted by atomic mass is 9.99. The van der Waals surface area contributed by atoms with E-state index in [-0.39, 0.29) is 12.0 Å². The third-order valence-electron chi connectivity index (χ3n) is 3.37. The number of rotatable bonds is 4. The molecule has 100 valence electrons. The Balaban J connectivity index is 2.36. The SMILES string of the molecule is COC(=O)CC(c1ccc2ccccc2c1)N(C)C. The van der Waals surface area contributed by atoms with Crippen molar-refractivity contribution in [2.45, 2.75) is 12.5 Å². The molecule has 19 heavy (non-hydrogen) atoms. The fourth-order valence-corrected chi connectivity index (χ4v) is 2.25. The molecule has 0 aliphatic heterocycles. The number of hydrogen-bond acceptors (Lipinski definition) is 3. The minimum Gasteiger partial charge on any atom is -0.469 e. The van der Waals surface area contributed by atoms with Crippen molar-refractivity contribution in [1.29, 1.82) is 0 Å². The molecular weight excluding hydrogens is 238 g/mol. The quantitative estimate of drug-likeness (QED) is 0.789. The summed E-state index contributed by atoms with van der Waals surface area (Å²) in [7, 11) is 5.38. The van der Waals surface area contributed by atoms with E-state index in [4.69, 9.17) is 4.74 Å². The highest BCUT2D eigenvalue weighted by Gasteiger charge is 2.18. The Morgan fingerprint density at radius 3 is 2.47 bits per heavy atom. The summed E-state index contributed by atoms with van der Waals surface area (Å²) in [6.45, 7) is 0. The van der Waals surface area contributed by atoms with E-state index in [9.17, 15) is 4.79 Å². The van der Waals surface area contributed by atoms with Crippen LogP contribution in [0.5, 0.6) is 0 Å². The number of carbonyl (C=O) groups excluding carboxylic acids is 1. The molecule has 0 aliphatic carbocycles. The molecular formula is C16H19NO2. The number of hydrogen-bond donors (Lipinski definition) is 0. The number of nitrogens with zero attached hydrogens (tertiary/aromatic N) is 1. The van der Waals surface area contributed by atoms with Crippen LogP contribution in [0.15, 0.2) is 42.5 Å². The summed E-state index contributed by atoms with van der Waals surface area (Å²) < 4.78 is 4.77. The molecule has 0 fully saturated rings. The van der Waals surface area contributed by atoms with E-state index >= 15 is 0 Å². The highest BCUT2D eigenvalue weighted by atomic mass is 16.5. The predicted molar refractivity (Wildman–Crippen MR) is 77.0 cm³/mol. The highest BCUT2D eigenvalue weighted by molar-refractivity contribution is 5.83. The normalized spacial score (nSPS) is 12.6. The Hall–Kier alpha value is -1.87. The first-order valence-electron chi connectivity index (χ1n) is 6.33.